The Morgan fingerprint density at radius 3 is 2.73 bits per heavy atom. The SMILES string of the molecule is CSSc1cccc(N)c1C. The molecule has 0 aliphatic carbocycles. The van der Waals surface area contributed by atoms with Crippen molar-refractivity contribution in [3.8, 4) is 0 Å². The fourth-order valence-corrected chi connectivity index (χ4v) is 2.45. The fourth-order valence-electron chi connectivity index (χ4n) is 0.811. The molecule has 0 spiro atoms. The van der Waals surface area contributed by atoms with Gasteiger partial charge in [0.05, 0.1) is 0 Å². The summed E-state index contributed by atoms with van der Waals surface area (Å²) in [4.78, 5) is 1.26. The van der Waals surface area contributed by atoms with Gasteiger partial charge in [-0.3, -0.25) is 0 Å². The van der Waals surface area contributed by atoms with E-state index in [0.29, 0.717) is 0 Å². The van der Waals surface area contributed by atoms with Gasteiger partial charge in [-0.05, 0) is 30.9 Å². The molecule has 0 saturated heterocycles. The first-order valence-corrected chi connectivity index (χ1v) is 5.87. The third kappa shape index (κ3) is 2.07. The van der Waals surface area contributed by atoms with Crippen LogP contribution in [0.15, 0.2) is 23.1 Å². The first-order valence-electron chi connectivity index (χ1n) is 3.31. The maximum Gasteiger partial charge on any atom is 0.0355 e. The lowest BCUT2D eigenvalue weighted by Crippen LogP contribution is -1.89. The van der Waals surface area contributed by atoms with Crippen molar-refractivity contribution in [2.24, 2.45) is 0 Å². The van der Waals surface area contributed by atoms with Crippen molar-refractivity contribution in [1.82, 2.24) is 0 Å². The Morgan fingerprint density at radius 1 is 1.36 bits per heavy atom. The maximum absolute atomic E-state index is 5.73. The van der Waals surface area contributed by atoms with Crippen molar-refractivity contribution in [2.45, 2.75) is 11.8 Å². The Balaban J connectivity index is 2.96. The highest BCUT2D eigenvalue weighted by Crippen LogP contribution is 2.32. The zero-order valence-corrected chi connectivity index (χ0v) is 8.26. The van der Waals surface area contributed by atoms with Crippen molar-refractivity contribution >= 4 is 27.3 Å². The molecule has 2 N–H and O–H groups in total. The summed E-state index contributed by atoms with van der Waals surface area (Å²) in [6, 6.07) is 6.01. The first kappa shape index (κ1) is 8.81. The molecular formula is C8H11NS2. The highest BCUT2D eigenvalue weighted by Gasteiger charge is 1.99. The Labute approximate surface area is 75.1 Å². The van der Waals surface area contributed by atoms with Crippen LogP contribution in [0.25, 0.3) is 0 Å². The van der Waals surface area contributed by atoms with Crippen LogP contribution in [0.5, 0.6) is 0 Å². The maximum atomic E-state index is 5.73. The first-order chi connectivity index (χ1) is 5.25. The lowest BCUT2D eigenvalue weighted by atomic mass is 10.2. The third-order valence-electron chi connectivity index (χ3n) is 1.50. The Bertz CT molecular complexity index is 248. The average Bonchev–Trinajstić information content (AvgIpc) is 1.99. The summed E-state index contributed by atoms with van der Waals surface area (Å²) in [6.45, 7) is 2.05. The van der Waals surface area contributed by atoms with Crippen LogP contribution in [-0.2, 0) is 0 Å². The molecule has 1 aromatic carbocycles. The molecule has 0 aromatic heterocycles. The van der Waals surface area contributed by atoms with Crippen LogP contribution in [0.2, 0.25) is 0 Å². The molecule has 0 aliphatic rings. The van der Waals surface area contributed by atoms with Gasteiger partial charge in [-0.25, -0.2) is 0 Å². The number of hydrogen-bond acceptors (Lipinski definition) is 3. The summed E-state index contributed by atoms with van der Waals surface area (Å²) >= 11 is 0. The molecule has 1 nitrogen and oxygen atoms in total. The van der Waals surface area contributed by atoms with Crippen molar-refractivity contribution in [3.63, 3.8) is 0 Å². The molecule has 0 aliphatic heterocycles. The molecule has 0 heterocycles. The van der Waals surface area contributed by atoms with E-state index in [4.69, 9.17) is 5.73 Å². The lowest BCUT2D eigenvalue weighted by Gasteiger charge is -2.04. The molecule has 0 atom stereocenters. The van der Waals surface area contributed by atoms with Crippen molar-refractivity contribution < 1.29 is 0 Å². The van der Waals surface area contributed by atoms with Crippen LogP contribution in [0, 0.1) is 6.92 Å². The molecule has 0 unspecified atom stereocenters. The van der Waals surface area contributed by atoms with E-state index in [2.05, 4.69) is 12.3 Å². The standard InChI is InChI=1S/C8H11NS2/c1-6-7(9)4-3-5-8(6)11-10-2/h3-5H,9H2,1-2H3. The number of hydrogen-bond donors (Lipinski definition) is 1. The minimum absolute atomic E-state index is 0.879. The van der Waals surface area contributed by atoms with E-state index in [1.807, 2.05) is 19.1 Å². The van der Waals surface area contributed by atoms with Gasteiger partial charge in [0.25, 0.3) is 0 Å². The lowest BCUT2D eigenvalue weighted by molar-refractivity contribution is 1.32. The summed E-state index contributed by atoms with van der Waals surface area (Å²) in [6.07, 6.45) is 2.06. The third-order valence-corrected chi connectivity index (χ3v) is 3.33. The van der Waals surface area contributed by atoms with E-state index in [0.717, 1.165) is 5.69 Å². The van der Waals surface area contributed by atoms with Crippen LogP contribution in [-0.4, -0.2) is 6.26 Å². The second-order valence-electron chi connectivity index (χ2n) is 2.22. The number of rotatable bonds is 2. The van der Waals surface area contributed by atoms with Crippen LogP contribution >= 0.6 is 21.6 Å². The Morgan fingerprint density at radius 2 is 2.09 bits per heavy atom. The second kappa shape index (κ2) is 3.93. The quantitative estimate of drug-likeness (QED) is 0.566. The zero-order valence-electron chi connectivity index (χ0n) is 6.63. The number of anilines is 1. The van der Waals surface area contributed by atoms with Gasteiger partial charge in [0, 0.05) is 10.6 Å². The van der Waals surface area contributed by atoms with Crippen LogP contribution in [0.4, 0.5) is 5.69 Å². The number of benzene rings is 1. The highest BCUT2D eigenvalue weighted by atomic mass is 33.1. The molecular weight excluding hydrogens is 174 g/mol. The predicted octanol–water partition coefficient (Wildman–Crippen LogP) is 2.95. The minimum atomic E-state index is 0.879. The Kier molecular flexibility index (Phi) is 3.15. The van der Waals surface area contributed by atoms with Gasteiger partial charge in [-0.1, -0.05) is 27.7 Å². The predicted molar refractivity (Wildman–Crippen MR) is 55.0 cm³/mol. The topological polar surface area (TPSA) is 26.0 Å². The van der Waals surface area contributed by atoms with Gasteiger partial charge in [0.15, 0.2) is 0 Å². The van der Waals surface area contributed by atoms with E-state index < -0.39 is 0 Å². The molecule has 60 valence electrons. The van der Waals surface area contributed by atoms with E-state index in [9.17, 15) is 0 Å². The summed E-state index contributed by atoms with van der Waals surface area (Å²) in [5.41, 5.74) is 7.79. The molecule has 11 heavy (non-hydrogen) atoms. The molecule has 0 bridgehead atoms. The van der Waals surface area contributed by atoms with Gasteiger partial charge in [0.1, 0.15) is 0 Å². The summed E-state index contributed by atoms with van der Waals surface area (Å²) in [7, 11) is 3.49. The van der Waals surface area contributed by atoms with Crippen LogP contribution in [0.3, 0.4) is 0 Å². The van der Waals surface area contributed by atoms with Crippen molar-refractivity contribution in [2.75, 3.05) is 12.0 Å². The van der Waals surface area contributed by atoms with Crippen molar-refractivity contribution in [3.05, 3.63) is 23.8 Å². The molecule has 1 rings (SSSR count). The molecule has 0 radical (unpaired) electrons. The van der Waals surface area contributed by atoms with Gasteiger partial charge in [-0.15, -0.1) is 0 Å². The van der Waals surface area contributed by atoms with Crippen molar-refractivity contribution in [1.29, 1.82) is 0 Å². The normalized spacial score (nSPS) is 10.0. The summed E-state index contributed by atoms with van der Waals surface area (Å²) in [5, 5.41) is 0. The summed E-state index contributed by atoms with van der Waals surface area (Å²) in [5.74, 6) is 0. The summed E-state index contributed by atoms with van der Waals surface area (Å²) < 4.78 is 0. The Hall–Kier alpha value is -0.280. The van der Waals surface area contributed by atoms with Gasteiger partial charge >= 0.3 is 0 Å². The van der Waals surface area contributed by atoms with Gasteiger partial charge in [-0.2, -0.15) is 0 Å². The highest BCUT2D eigenvalue weighted by molar-refractivity contribution is 8.76. The van der Waals surface area contributed by atoms with Crippen LogP contribution < -0.4 is 5.73 Å². The smallest absolute Gasteiger partial charge is 0.0355 e. The van der Waals surface area contributed by atoms with Gasteiger partial charge in [0.2, 0.25) is 0 Å². The number of nitrogens with two attached hydrogens (primary N) is 1. The average molecular weight is 185 g/mol. The number of nitrogen functional groups attached to an aromatic ring is 1. The largest absolute Gasteiger partial charge is 0.398 e. The molecule has 3 heteroatoms. The molecule has 0 amide bonds. The zero-order chi connectivity index (χ0) is 8.27. The fraction of sp³-hybridized carbons (Fsp3) is 0.250. The minimum Gasteiger partial charge on any atom is -0.398 e. The molecule has 0 saturated carbocycles. The molecule has 0 fully saturated rings. The second-order valence-corrected chi connectivity index (χ2v) is 4.66. The van der Waals surface area contributed by atoms with E-state index in [1.165, 1.54) is 10.5 Å². The monoisotopic (exact) mass is 185 g/mol. The van der Waals surface area contributed by atoms with E-state index in [1.54, 1.807) is 21.6 Å². The molecule has 1 aromatic rings. The van der Waals surface area contributed by atoms with E-state index >= 15 is 0 Å². The van der Waals surface area contributed by atoms with Crippen LogP contribution in [0.1, 0.15) is 5.56 Å². The van der Waals surface area contributed by atoms with Gasteiger partial charge < -0.3 is 5.73 Å². The van der Waals surface area contributed by atoms with E-state index in [-0.39, 0.29) is 0 Å².